The number of carbonyl (C=O) groups excluding carboxylic acids is 2. The third-order valence-corrected chi connectivity index (χ3v) is 4.60. The van der Waals surface area contributed by atoms with Crippen LogP contribution in [0.3, 0.4) is 0 Å². The lowest BCUT2D eigenvalue weighted by Gasteiger charge is -2.17. The lowest BCUT2D eigenvalue weighted by molar-refractivity contribution is -0.154. The smallest absolute Gasteiger partial charge is 0.317 e. The zero-order valence-electron chi connectivity index (χ0n) is 12.1. The Kier molecular flexibility index (Phi) is 3.07. The van der Waals surface area contributed by atoms with E-state index in [4.69, 9.17) is 4.74 Å². The second kappa shape index (κ2) is 5.09. The van der Waals surface area contributed by atoms with Crippen molar-refractivity contribution in [3.8, 4) is 11.1 Å². The first kappa shape index (κ1) is 13.3. The van der Waals surface area contributed by atoms with Crippen molar-refractivity contribution in [2.24, 2.45) is 5.92 Å². The van der Waals surface area contributed by atoms with E-state index in [0.29, 0.717) is 12.8 Å². The molecule has 1 fully saturated rings. The van der Waals surface area contributed by atoms with Gasteiger partial charge in [-0.1, -0.05) is 48.5 Å². The Hall–Kier alpha value is -2.42. The van der Waals surface area contributed by atoms with Gasteiger partial charge in [-0.05, 0) is 24.0 Å². The summed E-state index contributed by atoms with van der Waals surface area (Å²) in [6, 6.07) is 15.9. The van der Waals surface area contributed by atoms with E-state index in [1.165, 1.54) is 0 Å². The number of Topliss-reactive ketones (excluding diaryl/α,β-unsaturated/α-hetero) is 1. The minimum atomic E-state index is -0.570. The summed E-state index contributed by atoms with van der Waals surface area (Å²) in [7, 11) is 0. The van der Waals surface area contributed by atoms with Crippen LogP contribution in [0.5, 0.6) is 0 Å². The summed E-state index contributed by atoms with van der Waals surface area (Å²) in [6.45, 7) is 0. The van der Waals surface area contributed by atoms with Gasteiger partial charge >= 0.3 is 5.97 Å². The highest BCUT2D eigenvalue weighted by atomic mass is 16.5. The molecular formula is C19H16O3. The molecule has 0 saturated heterocycles. The molecular weight excluding hydrogens is 276 g/mol. The molecule has 22 heavy (non-hydrogen) atoms. The van der Waals surface area contributed by atoms with Gasteiger partial charge in [-0.15, -0.1) is 0 Å². The maximum Gasteiger partial charge on any atom is 0.317 e. The third kappa shape index (κ3) is 1.97. The van der Waals surface area contributed by atoms with Gasteiger partial charge in [0.25, 0.3) is 0 Å². The Bertz CT molecular complexity index is 717. The van der Waals surface area contributed by atoms with E-state index >= 15 is 0 Å². The molecule has 2 aliphatic rings. The number of rotatable bonds is 2. The van der Waals surface area contributed by atoms with Crippen molar-refractivity contribution < 1.29 is 14.3 Å². The Morgan fingerprint density at radius 2 is 1.55 bits per heavy atom. The van der Waals surface area contributed by atoms with E-state index in [0.717, 1.165) is 28.7 Å². The summed E-state index contributed by atoms with van der Waals surface area (Å²) in [6.07, 6.45) is 1.51. The molecule has 2 aliphatic carbocycles. The van der Waals surface area contributed by atoms with Crippen LogP contribution in [0.15, 0.2) is 48.5 Å². The molecule has 1 atom stereocenters. The summed E-state index contributed by atoms with van der Waals surface area (Å²) >= 11 is 0. The third-order valence-electron chi connectivity index (χ3n) is 4.60. The van der Waals surface area contributed by atoms with Crippen LogP contribution in [-0.4, -0.2) is 11.8 Å². The van der Waals surface area contributed by atoms with Gasteiger partial charge in [-0.2, -0.15) is 0 Å². The van der Waals surface area contributed by atoms with Gasteiger partial charge in [0.05, 0.1) is 0 Å². The van der Waals surface area contributed by atoms with E-state index < -0.39 is 12.0 Å². The number of esters is 1. The molecule has 1 unspecified atom stereocenters. The lowest BCUT2D eigenvalue weighted by Crippen LogP contribution is -2.23. The first-order valence-electron chi connectivity index (χ1n) is 7.67. The zero-order valence-corrected chi connectivity index (χ0v) is 12.1. The van der Waals surface area contributed by atoms with E-state index in [1.54, 1.807) is 0 Å². The predicted octanol–water partition coefficient (Wildman–Crippen LogP) is 3.67. The number of ether oxygens (including phenoxy) is 1. The molecule has 3 nitrogen and oxygen atoms in total. The average Bonchev–Trinajstić information content (AvgIpc) is 3.11. The quantitative estimate of drug-likeness (QED) is 0.626. The molecule has 3 heteroatoms. The number of benzene rings is 2. The van der Waals surface area contributed by atoms with Crippen molar-refractivity contribution in [1.82, 2.24) is 0 Å². The monoisotopic (exact) mass is 292 g/mol. The molecule has 0 spiro atoms. The fraction of sp³-hybridized carbons (Fsp3) is 0.263. The van der Waals surface area contributed by atoms with Gasteiger partial charge in [0, 0.05) is 17.5 Å². The molecule has 0 N–H and O–H groups in total. The minimum Gasteiger partial charge on any atom is -0.452 e. The summed E-state index contributed by atoms with van der Waals surface area (Å²) in [5.74, 6) is -0.927. The van der Waals surface area contributed by atoms with Crippen molar-refractivity contribution in [2.75, 3.05) is 0 Å². The molecule has 0 aliphatic heterocycles. The maximum atomic E-state index is 12.4. The van der Waals surface area contributed by atoms with Gasteiger partial charge < -0.3 is 4.74 Å². The lowest BCUT2D eigenvalue weighted by atomic mass is 10.1. The summed E-state index contributed by atoms with van der Waals surface area (Å²) in [4.78, 5) is 24.2. The van der Waals surface area contributed by atoms with Crippen LogP contribution in [0.1, 0.15) is 36.5 Å². The summed E-state index contributed by atoms with van der Waals surface area (Å²) < 4.78 is 5.76. The summed E-state index contributed by atoms with van der Waals surface area (Å²) in [5.41, 5.74) is 4.22. The number of carbonyl (C=O) groups is 2. The van der Waals surface area contributed by atoms with Crippen LogP contribution < -0.4 is 0 Å². The first-order chi connectivity index (χ1) is 10.8. The Morgan fingerprint density at radius 1 is 0.955 bits per heavy atom. The normalized spacial score (nSPS) is 19.8. The van der Waals surface area contributed by atoms with E-state index in [-0.39, 0.29) is 11.8 Å². The molecule has 2 aromatic rings. The molecule has 110 valence electrons. The Labute approximate surface area is 128 Å². The van der Waals surface area contributed by atoms with Crippen LogP contribution in [0.4, 0.5) is 0 Å². The SMILES string of the molecule is O=C1CCCC1C(=O)OC1c2ccccc2-c2ccccc21. The Balaban J connectivity index is 1.70. The van der Waals surface area contributed by atoms with Crippen LogP contribution in [0.25, 0.3) is 11.1 Å². The number of ketones is 1. The van der Waals surface area contributed by atoms with E-state index in [2.05, 4.69) is 0 Å². The van der Waals surface area contributed by atoms with Gasteiger partial charge in [-0.25, -0.2) is 0 Å². The van der Waals surface area contributed by atoms with Crippen molar-refractivity contribution in [2.45, 2.75) is 25.4 Å². The van der Waals surface area contributed by atoms with E-state index in [9.17, 15) is 9.59 Å². The van der Waals surface area contributed by atoms with Crippen molar-refractivity contribution in [3.05, 3.63) is 59.7 Å². The second-order valence-electron chi connectivity index (χ2n) is 5.90. The topological polar surface area (TPSA) is 43.4 Å². The molecule has 0 bridgehead atoms. The number of fused-ring (bicyclic) bond motifs is 3. The van der Waals surface area contributed by atoms with Gasteiger partial charge in [0.1, 0.15) is 11.7 Å². The van der Waals surface area contributed by atoms with E-state index in [1.807, 2.05) is 48.5 Å². The minimum absolute atomic E-state index is 0.0181. The number of hydrogen-bond acceptors (Lipinski definition) is 3. The fourth-order valence-corrected chi connectivity index (χ4v) is 3.50. The highest BCUT2D eigenvalue weighted by Crippen LogP contribution is 2.45. The van der Waals surface area contributed by atoms with Crippen LogP contribution in [0.2, 0.25) is 0 Å². The molecule has 1 saturated carbocycles. The van der Waals surface area contributed by atoms with Crippen molar-refractivity contribution >= 4 is 11.8 Å². The molecule has 0 heterocycles. The predicted molar refractivity (Wildman–Crippen MR) is 82.2 cm³/mol. The molecule has 4 rings (SSSR count). The zero-order chi connectivity index (χ0) is 15.1. The van der Waals surface area contributed by atoms with Crippen molar-refractivity contribution in [3.63, 3.8) is 0 Å². The second-order valence-corrected chi connectivity index (χ2v) is 5.90. The van der Waals surface area contributed by atoms with Gasteiger partial charge in [-0.3, -0.25) is 9.59 Å². The molecule has 2 aromatic carbocycles. The number of hydrogen-bond donors (Lipinski definition) is 0. The summed E-state index contributed by atoms with van der Waals surface area (Å²) in [5, 5.41) is 0. The van der Waals surface area contributed by atoms with Gasteiger partial charge in [0.2, 0.25) is 0 Å². The standard InChI is InChI=1S/C19H16O3/c20-17-11-5-10-16(17)19(21)22-18-14-8-3-1-6-12(14)13-7-2-4-9-15(13)18/h1-4,6-9,16,18H,5,10-11H2. The van der Waals surface area contributed by atoms with Crippen LogP contribution in [0, 0.1) is 5.92 Å². The molecule has 0 aromatic heterocycles. The largest absolute Gasteiger partial charge is 0.452 e. The van der Waals surface area contributed by atoms with Gasteiger partial charge in [0.15, 0.2) is 6.10 Å². The molecule has 0 amide bonds. The Morgan fingerprint density at radius 3 is 2.09 bits per heavy atom. The van der Waals surface area contributed by atoms with Crippen LogP contribution in [-0.2, 0) is 14.3 Å². The first-order valence-corrected chi connectivity index (χ1v) is 7.67. The highest BCUT2D eigenvalue weighted by molar-refractivity contribution is 6.00. The highest BCUT2D eigenvalue weighted by Gasteiger charge is 2.37. The molecule has 0 radical (unpaired) electrons. The van der Waals surface area contributed by atoms with Crippen LogP contribution >= 0.6 is 0 Å². The fourth-order valence-electron chi connectivity index (χ4n) is 3.50. The average molecular weight is 292 g/mol. The maximum absolute atomic E-state index is 12.4. The van der Waals surface area contributed by atoms with Crippen molar-refractivity contribution in [1.29, 1.82) is 0 Å².